The van der Waals surface area contributed by atoms with E-state index in [0.29, 0.717) is 16.4 Å². The Kier molecular flexibility index (Phi) is 5.92. The Hall–Kier alpha value is -3.36. The summed E-state index contributed by atoms with van der Waals surface area (Å²) >= 11 is 1.30. The number of hydrogen-bond donors (Lipinski definition) is 1. The maximum atomic E-state index is 12.7. The molecule has 0 saturated heterocycles. The molecule has 1 N–H and O–H groups in total. The standard InChI is InChI=1S/C23H19N3O3S2/c1-16-5-4-6-17(13-16)15-31(28,29)19-10-8-18(9-11-19)22(27)26-23-25-21(14-30-23)20-7-2-3-12-24-20/h2-14H,15H2,1H3,(H,25,26,27). The maximum absolute atomic E-state index is 12.7. The number of aryl methyl sites for hydroxylation is 1. The molecule has 0 aliphatic heterocycles. The number of nitrogens with one attached hydrogen (secondary N) is 1. The molecule has 2 heterocycles. The number of hydrogen-bond acceptors (Lipinski definition) is 6. The molecule has 2 aromatic heterocycles. The molecule has 31 heavy (non-hydrogen) atoms. The number of carbonyl (C=O) groups is 1. The highest BCUT2D eigenvalue weighted by Crippen LogP contribution is 2.24. The molecule has 0 atom stereocenters. The van der Waals surface area contributed by atoms with Crippen molar-refractivity contribution in [3.05, 3.63) is 95.0 Å². The molecule has 6 nitrogen and oxygen atoms in total. The summed E-state index contributed by atoms with van der Waals surface area (Å²) in [5.41, 5.74) is 3.49. The van der Waals surface area contributed by atoms with E-state index in [4.69, 9.17) is 0 Å². The van der Waals surface area contributed by atoms with Crippen molar-refractivity contribution < 1.29 is 13.2 Å². The van der Waals surface area contributed by atoms with Gasteiger partial charge >= 0.3 is 0 Å². The van der Waals surface area contributed by atoms with E-state index in [1.165, 1.54) is 35.6 Å². The van der Waals surface area contributed by atoms with Gasteiger partial charge in [-0.25, -0.2) is 13.4 Å². The van der Waals surface area contributed by atoms with Crippen molar-refractivity contribution in [1.82, 2.24) is 9.97 Å². The molecule has 1 amide bonds. The minimum Gasteiger partial charge on any atom is -0.298 e. The third-order valence-electron chi connectivity index (χ3n) is 4.57. The van der Waals surface area contributed by atoms with Crippen LogP contribution in [0.5, 0.6) is 0 Å². The third-order valence-corrected chi connectivity index (χ3v) is 7.03. The Labute approximate surface area is 184 Å². The number of anilines is 1. The molecule has 0 aliphatic rings. The lowest BCUT2D eigenvalue weighted by Crippen LogP contribution is -2.12. The van der Waals surface area contributed by atoms with Gasteiger partial charge in [0.05, 0.1) is 16.3 Å². The number of nitrogens with zero attached hydrogens (tertiary/aromatic N) is 2. The van der Waals surface area contributed by atoms with Gasteiger partial charge in [-0.2, -0.15) is 0 Å². The number of benzene rings is 2. The van der Waals surface area contributed by atoms with E-state index in [2.05, 4.69) is 15.3 Å². The fraction of sp³-hybridized carbons (Fsp3) is 0.0870. The van der Waals surface area contributed by atoms with Gasteiger partial charge < -0.3 is 0 Å². The topological polar surface area (TPSA) is 89.0 Å². The third kappa shape index (κ3) is 5.04. The summed E-state index contributed by atoms with van der Waals surface area (Å²) < 4.78 is 25.4. The number of rotatable bonds is 6. The van der Waals surface area contributed by atoms with Crippen LogP contribution in [0.3, 0.4) is 0 Å². The zero-order valence-electron chi connectivity index (χ0n) is 16.6. The van der Waals surface area contributed by atoms with Gasteiger partial charge in [0.15, 0.2) is 15.0 Å². The van der Waals surface area contributed by atoms with E-state index in [1.54, 1.807) is 12.3 Å². The quantitative estimate of drug-likeness (QED) is 0.459. The van der Waals surface area contributed by atoms with E-state index in [9.17, 15) is 13.2 Å². The molecule has 0 fully saturated rings. The van der Waals surface area contributed by atoms with Crippen molar-refractivity contribution in [3.63, 3.8) is 0 Å². The molecule has 0 spiro atoms. The Balaban J connectivity index is 1.45. The van der Waals surface area contributed by atoms with Crippen molar-refractivity contribution in [2.24, 2.45) is 0 Å². The van der Waals surface area contributed by atoms with Crippen molar-refractivity contribution >= 4 is 32.2 Å². The minimum absolute atomic E-state index is 0.0877. The highest BCUT2D eigenvalue weighted by molar-refractivity contribution is 7.90. The summed E-state index contributed by atoms with van der Waals surface area (Å²) in [4.78, 5) is 21.3. The number of sulfone groups is 1. The van der Waals surface area contributed by atoms with E-state index in [0.717, 1.165) is 16.8 Å². The van der Waals surface area contributed by atoms with Crippen LogP contribution < -0.4 is 5.32 Å². The Morgan fingerprint density at radius 2 is 1.81 bits per heavy atom. The van der Waals surface area contributed by atoms with Crippen LogP contribution in [-0.4, -0.2) is 24.3 Å². The Bertz CT molecular complexity index is 1320. The van der Waals surface area contributed by atoms with Crippen molar-refractivity contribution in [3.8, 4) is 11.4 Å². The van der Waals surface area contributed by atoms with Crippen LogP contribution in [0, 0.1) is 6.92 Å². The molecular formula is C23H19N3O3S2. The molecule has 8 heteroatoms. The highest BCUT2D eigenvalue weighted by atomic mass is 32.2. The van der Waals surface area contributed by atoms with Gasteiger partial charge in [0.25, 0.3) is 5.91 Å². The van der Waals surface area contributed by atoms with Crippen LogP contribution in [0.1, 0.15) is 21.5 Å². The van der Waals surface area contributed by atoms with Crippen LogP contribution >= 0.6 is 11.3 Å². The van der Waals surface area contributed by atoms with E-state index >= 15 is 0 Å². The van der Waals surface area contributed by atoms with Crippen LogP contribution in [0.15, 0.2) is 83.2 Å². The second-order valence-electron chi connectivity index (χ2n) is 6.98. The van der Waals surface area contributed by atoms with Crippen molar-refractivity contribution in [2.45, 2.75) is 17.6 Å². The van der Waals surface area contributed by atoms with Gasteiger partial charge in [0.1, 0.15) is 5.69 Å². The van der Waals surface area contributed by atoms with Gasteiger partial charge in [0, 0.05) is 17.1 Å². The van der Waals surface area contributed by atoms with Gasteiger partial charge in [-0.1, -0.05) is 35.9 Å². The first-order chi connectivity index (χ1) is 14.9. The predicted molar refractivity (Wildman–Crippen MR) is 122 cm³/mol. The first kappa shape index (κ1) is 20.9. The van der Waals surface area contributed by atoms with Crippen LogP contribution in [0.2, 0.25) is 0 Å². The van der Waals surface area contributed by atoms with Crippen LogP contribution in [-0.2, 0) is 15.6 Å². The second-order valence-corrected chi connectivity index (χ2v) is 9.83. The molecule has 0 saturated carbocycles. The summed E-state index contributed by atoms with van der Waals surface area (Å²) in [6, 6.07) is 18.9. The molecule has 0 bridgehead atoms. The SMILES string of the molecule is Cc1cccc(CS(=O)(=O)c2ccc(C(=O)Nc3nc(-c4ccccn4)cs3)cc2)c1. The molecular weight excluding hydrogens is 430 g/mol. The van der Waals surface area contributed by atoms with Crippen LogP contribution in [0.25, 0.3) is 11.4 Å². The number of thiazole rings is 1. The average Bonchev–Trinajstić information content (AvgIpc) is 3.23. The first-order valence-corrected chi connectivity index (χ1v) is 12.0. The van der Waals surface area contributed by atoms with Crippen molar-refractivity contribution in [1.29, 1.82) is 0 Å². The molecule has 0 radical (unpaired) electrons. The summed E-state index contributed by atoms with van der Waals surface area (Å²) in [5, 5.41) is 5.01. The largest absolute Gasteiger partial charge is 0.298 e. The fourth-order valence-corrected chi connectivity index (χ4v) is 5.09. The summed E-state index contributed by atoms with van der Waals surface area (Å²) in [7, 11) is -3.51. The lowest BCUT2D eigenvalue weighted by molar-refractivity contribution is 0.102. The van der Waals surface area contributed by atoms with Gasteiger partial charge in [-0.15, -0.1) is 11.3 Å². The fourth-order valence-electron chi connectivity index (χ4n) is 3.05. The molecule has 0 unspecified atom stereocenters. The normalized spacial score (nSPS) is 11.3. The zero-order valence-corrected chi connectivity index (χ0v) is 18.3. The van der Waals surface area contributed by atoms with Gasteiger partial charge in [-0.3, -0.25) is 15.1 Å². The van der Waals surface area contributed by atoms with E-state index in [-0.39, 0.29) is 16.6 Å². The van der Waals surface area contributed by atoms with E-state index in [1.807, 2.05) is 48.7 Å². The highest BCUT2D eigenvalue weighted by Gasteiger charge is 2.17. The number of carbonyl (C=O) groups excluding carboxylic acids is 1. The molecule has 0 aliphatic carbocycles. The average molecular weight is 450 g/mol. The summed E-state index contributed by atoms with van der Waals surface area (Å²) in [6.45, 7) is 1.92. The molecule has 156 valence electrons. The van der Waals surface area contributed by atoms with Crippen LogP contribution in [0.4, 0.5) is 5.13 Å². The zero-order chi connectivity index (χ0) is 21.8. The Morgan fingerprint density at radius 3 is 2.52 bits per heavy atom. The van der Waals surface area contributed by atoms with Crippen molar-refractivity contribution in [2.75, 3.05) is 5.32 Å². The second kappa shape index (κ2) is 8.79. The smallest absolute Gasteiger partial charge is 0.257 e. The van der Waals surface area contributed by atoms with Gasteiger partial charge in [0.2, 0.25) is 0 Å². The van der Waals surface area contributed by atoms with E-state index < -0.39 is 9.84 Å². The summed E-state index contributed by atoms with van der Waals surface area (Å²) in [6.07, 6.45) is 1.68. The monoisotopic (exact) mass is 449 g/mol. The Morgan fingerprint density at radius 1 is 1.00 bits per heavy atom. The molecule has 4 aromatic rings. The minimum atomic E-state index is -3.51. The number of amides is 1. The van der Waals surface area contributed by atoms with Gasteiger partial charge in [-0.05, 0) is 48.9 Å². The first-order valence-electron chi connectivity index (χ1n) is 9.47. The predicted octanol–water partition coefficient (Wildman–Crippen LogP) is 4.74. The maximum Gasteiger partial charge on any atom is 0.257 e. The number of aromatic nitrogens is 2. The lowest BCUT2D eigenvalue weighted by Gasteiger charge is -2.07. The summed E-state index contributed by atoms with van der Waals surface area (Å²) in [5.74, 6) is -0.445. The molecule has 4 rings (SSSR count). The number of pyridine rings is 1. The lowest BCUT2D eigenvalue weighted by atomic mass is 10.2. The molecule has 2 aromatic carbocycles.